The fourth-order valence-corrected chi connectivity index (χ4v) is 2.88. The van der Waals surface area contributed by atoms with Gasteiger partial charge in [0.15, 0.2) is 0 Å². The van der Waals surface area contributed by atoms with Gasteiger partial charge in [-0.05, 0) is 55.6 Å². The van der Waals surface area contributed by atoms with Crippen LogP contribution in [0.25, 0.3) is 0 Å². The minimum absolute atomic E-state index is 0.132. The van der Waals surface area contributed by atoms with Crippen LogP contribution in [0.15, 0.2) is 61.2 Å². The summed E-state index contributed by atoms with van der Waals surface area (Å²) in [6.45, 7) is 8.27. The quantitative estimate of drug-likeness (QED) is 0.812. The lowest BCUT2D eigenvalue weighted by Gasteiger charge is -2.34. The number of benzene rings is 2. The molecule has 1 heterocycles. The van der Waals surface area contributed by atoms with E-state index in [1.165, 1.54) is 5.69 Å². The van der Waals surface area contributed by atoms with E-state index in [1.807, 2.05) is 12.1 Å². The molecule has 5 nitrogen and oxygen atoms in total. The maximum atomic E-state index is 12.4. The van der Waals surface area contributed by atoms with Crippen LogP contribution in [0.4, 0.5) is 11.4 Å². The van der Waals surface area contributed by atoms with Gasteiger partial charge in [-0.15, -0.1) is 0 Å². The van der Waals surface area contributed by atoms with Gasteiger partial charge in [-0.25, -0.2) is 0 Å². The summed E-state index contributed by atoms with van der Waals surface area (Å²) in [7, 11) is 2.15. The van der Waals surface area contributed by atoms with Crippen LogP contribution < -0.4 is 15.0 Å². The minimum Gasteiger partial charge on any atom is -0.490 e. The third-order valence-corrected chi connectivity index (χ3v) is 4.48. The molecule has 1 saturated heterocycles. The first-order valence-corrected chi connectivity index (χ1v) is 8.84. The summed E-state index contributed by atoms with van der Waals surface area (Å²) in [6, 6.07) is 15.1. The predicted octanol–water partition coefficient (Wildman–Crippen LogP) is 3.26. The van der Waals surface area contributed by atoms with Crippen molar-refractivity contribution in [1.82, 2.24) is 4.90 Å². The number of hydrogen-bond acceptors (Lipinski definition) is 4. The van der Waals surface area contributed by atoms with Gasteiger partial charge in [0.2, 0.25) is 0 Å². The Hall–Kier alpha value is -2.79. The minimum atomic E-state index is -0.132. The zero-order valence-corrected chi connectivity index (χ0v) is 15.1. The summed E-state index contributed by atoms with van der Waals surface area (Å²) in [5.74, 6) is 0.589. The van der Waals surface area contributed by atoms with E-state index < -0.39 is 0 Å². The van der Waals surface area contributed by atoms with Gasteiger partial charge in [-0.2, -0.15) is 0 Å². The molecule has 1 fully saturated rings. The van der Waals surface area contributed by atoms with Gasteiger partial charge in [0.1, 0.15) is 12.4 Å². The normalized spacial score (nSPS) is 14.7. The molecular formula is C21H25N3O2. The standard InChI is InChI=1S/C21H25N3O2/c1-3-16-26-20-10-4-17(5-11-20)21(25)22-18-6-8-19(9-7-18)24-14-12-23(2)13-15-24/h3-11H,1,12-16H2,2H3,(H,22,25). The molecule has 5 heteroatoms. The molecule has 0 spiro atoms. The SMILES string of the molecule is C=CCOc1ccc(C(=O)Nc2ccc(N3CCN(C)CC3)cc2)cc1. The van der Waals surface area contributed by atoms with Gasteiger partial charge in [-0.1, -0.05) is 12.7 Å². The van der Waals surface area contributed by atoms with Crippen molar-refractivity contribution >= 4 is 17.3 Å². The maximum Gasteiger partial charge on any atom is 0.255 e. The zero-order chi connectivity index (χ0) is 18.4. The first-order chi connectivity index (χ1) is 12.7. The van der Waals surface area contributed by atoms with Gasteiger partial charge in [0, 0.05) is 43.1 Å². The molecule has 0 atom stereocenters. The number of anilines is 2. The third-order valence-electron chi connectivity index (χ3n) is 4.48. The maximum absolute atomic E-state index is 12.4. The molecule has 3 rings (SSSR count). The molecule has 2 aromatic carbocycles. The predicted molar refractivity (Wildman–Crippen MR) is 106 cm³/mol. The number of carbonyl (C=O) groups excluding carboxylic acids is 1. The van der Waals surface area contributed by atoms with Crippen molar-refractivity contribution < 1.29 is 9.53 Å². The average molecular weight is 351 g/mol. The van der Waals surface area contributed by atoms with Crippen molar-refractivity contribution in [2.45, 2.75) is 0 Å². The Bertz CT molecular complexity index is 733. The van der Waals surface area contributed by atoms with Crippen LogP contribution in [0, 0.1) is 0 Å². The Kier molecular flexibility index (Phi) is 5.92. The second-order valence-electron chi connectivity index (χ2n) is 6.42. The number of nitrogens with zero attached hydrogens (tertiary/aromatic N) is 2. The lowest BCUT2D eigenvalue weighted by molar-refractivity contribution is 0.102. The Morgan fingerprint density at radius 2 is 1.73 bits per heavy atom. The topological polar surface area (TPSA) is 44.8 Å². The van der Waals surface area contributed by atoms with Crippen LogP contribution in [0.3, 0.4) is 0 Å². The smallest absolute Gasteiger partial charge is 0.255 e. The molecule has 0 bridgehead atoms. The molecule has 0 saturated carbocycles. The van der Waals surface area contributed by atoms with Gasteiger partial charge in [0.05, 0.1) is 0 Å². The van der Waals surface area contributed by atoms with Crippen molar-refractivity contribution in [2.24, 2.45) is 0 Å². The average Bonchev–Trinajstić information content (AvgIpc) is 2.68. The Morgan fingerprint density at radius 3 is 2.35 bits per heavy atom. The number of rotatable bonds is 6. The van der Waals surface area contributed by atoms with E-state index in [-0.39, 0.29) is 5.91 Å². The van der Waals surface area contributed by atoms with E-state index >= 15 is 0 Å². The van der Waals surface area contributed by atoms with Gasteiger partial charge in [0.25, 0.3) is 5.91 Å². The molecule has 1 amide bonds. The summed E-state index contributed by atoms with van der Waals surface area (Å²) < 4.78 is 5.43. The van der Waals surface area contributed by atoms with Gasteiger partial charge < -0.3 is 19.9 Å². The first kappa shape index (κ1) is 18.0. The highest BCUT2D eigenvalue weighted by Crippen LogP contribution is 2.20. The summed E-state index contributed by atoms with van der Waals surface area (Å²) in [6.07, 6.45) is 1.69. The summed E-state index contributed by atoms with van der Waals surface area (Å²) in [5, 5.41) is 2.94. The molecular weight excluding hydrogens is 326 g/mol. The van der Waals surface area contributed by atoms with E-state index in [4.69, 9.17) is 4.74 Å². The van der Waals surface area contributed by atoms with Crippen LogP contribution in [0.1, 0.15) is 10.4 Å². The molecule has 1 N–H and O–H groups in total. The number of hydrogen-bond donors (Lipinski definition) is 1. The molecule has 26 heavy (non-hydrogen) atoms. The van der Waals surface area contributed by atoms with Crippen molar-refractivity contribution in [2.75, 3.05) is 50.1 Å². The molecule has 2 aromatic rings. The molecule has 1 aliphatic rings. The molecule has 136 valence electrons. The Morgan fingerprint density at radius 1 is 1.08 bits per heavy atom. The molecule has 0 unspecified atom stereocenters. The number of carbonyl (C=O) groups is 1. The van der Waals surface area contributed by atoms with E-state index in [0.717, 1.165) is 37.6 Å². The van der Waals surface area contributed by atoms with Crippen LogP contribution >= 0.6 is 0 Å². The summed E-state index contributed by atoms with van der Waals surface area (Å²) in [5.41, 5.74) is 2.58. The highest BCUT2D eigenvalue weighted by molar-refractivity contribution is 6.04. The van der Waals surface area contributed by atoms with Gasteiger partial charge in [-0.3, -0.25) is 4.79 Å². The number of piperazine rings is 1. The molecule has 1 aliphatic heterocycles. The number of ether oxygens (including phenoxy) is 1. The Labute approximate surface area is 154 Å². The monoisotopic (exact) mass is 351 g/mol. The van der Waals surface area contributed by atoms with E-state index in [0.29, 0.717) is 12.2 Å². The summed E-state index contributed by atoms with van der Waals surface area (Å²) >= 11 is 0. The Balaban J connectivity index is 1.58. The van der Waals surface area contributed by atoms with Crippen molar-refractivity contribution in [1.29, 1.82) is 0 Å². The van der Waals surface area contributed by atoms with E-state index in [9.17, 15) is 4.79 Å². The van der Waals surface area contributed by atoms with Crippen molar-refractivity contribution in [3.8, 4) is 5.75 Å². The van der Waals surface area contributed by atoms with Crippen LogP contribution in [-0.4, -0.2) is 50.6 Å². The highest BCUT2D eigenvalue weighted by atomic mass is 16.5. The lowest BCUT2D eigenvalue weighted by Crippen LogP contribution is -2.44. The number of amides is 1. The lowest BCUT2D eigenvalue weighted by atomic mass is 10.2. The first-order valence-electron chi connectivity index (χ1n) is 8.84. The van der Waals surface area contributed by atoms with E-state index in [1.54, 1.807) is 30.3 Å². The van der Waals surface area contributed by atoms with Crippen LogP contribution in [0.5, 0.6) is 5.75 Å². The summed E-state index contributed by atoms with van der Waals surface area (Å²) in [4.78, 5) is 17.1. The third kappa shape index (κ3) is 4.64. The van der Waals surface area contributed by atoms with Crippen molar-refractivity contribution in [3.63, 3.8) is 0 Å². The second-order valence-corrected chi connectivity index (χ2v) is 6.42. The zero-order valence-electron chi connectivity index (χ0n) is 15.1. The number of likely N-dealkylation sites (N-methyl/N-ethyl adjacent to an activating group) is 1. The molecule has 0 radical (unpaired) electrons. The highest BCUT2D eigenvalue weighted by Gasteiger charge is 2.14. The number of nitrogens with one attached hydrogen (secondary N) is 1. The fourth-order valence-electron chi connectivity index (χ4n) is 2.88. The van der Waals surface area contributed by atoms with Crippen LogP contribution in [0.2, 0.25) is 0 Å². The largest absolute Gasteiger partial charge is 0.490 e. The van der Waals surface area contributed by atoms with Crippen LogP contribution in [-0.2, 0) is 0 Å². The fraction of sp³-hybridized carbons (Fsp3) is 0.286. The second kappa shape index (κ2) is 8.54. The molecule has 0 aromatic heterocycles. The van der Waals surface area contributed by atoms with Crippen molar-refractivity contribution in [3.05, 3.63) is 66.7 Å². The van der Waals surface area contributed by atoms with Gasteiger partial charge >= 0.3 is 0 Å². The van der Waals surface area contributed by atoms with E-state index in [2.05, 4.69) is 40.9 Å². The molecule has 0 aliphatic carbocycles.